The molecule has 1 fully saturated rings. The van der Waals surface area contributed by atoms with Gasteiger partial charge < -0.3 is 14.7 Å². The van der Waals surface area contributed by atoms with Crippen molar-refractivity contribution in [2.45, 2.75) is 25.3 Å². The van der Waals surface area contributed by atoms with Gasteiger partial charge in [0.2, 0.25) is 0 Å². The van der Waals surface area contributed by atoms with Gasteiger partial charge in [-0.3, -0.25) is 9.59 Å². The SMILES string of the molecule is N#CCc1cccc(C(=O)N(CC(=O)O)C2CCOCC2)c1. The molecule has 1 amide bonds. The van der Waals surface area contributed by atoms with Gasteiger partial charge in [-0.1, -0.05) is 12.1 Å². The summed E-state index contributed by atoms with van der Waals surface area (Å²) in [5, 5.41) is 17.8. The van der Waals surface area contributed by atoms with Crippen molar-refractivity contribution < 1.29 is 19.4 Å². The van der Waals surface area contributed by atoms with Crippen LogP contribution in [0.25, 0.3) is 0 Å². The second kappa shape index (κ2) is 7.57. The van der Waals surface area contributed by atoms with Crippen LogP contribution in [-0.2, 0) is 16.0 Å². The lowest BCUT2D eigenvalue weighted by molar-refractivity contribution is -0.138. The number of aliphatic carboxylic acids is 1. The van der Waals surface area contributed by atoms with Gasteiger partial charge in [0.1, 0.15) is 6.54 Å². The van der Waals surface area contributed by atoms with E-state index in [4.69, 9.17) is 15.1 Å². The highest BCUT2D eigenvalue weighted by Crippen LogP contribution is 2.18. The Kier molecular flexibility index (Phi) is 5.50. The van der Waals surface area contributed by atoms with Gasteiger partial charge in [0.05, 0.1) is 12.5 Å². The number of hydrogen-bond acceptors (Lipinski definition) is 4. The van der Waals surface area contributed by atoms with E-state index in [-0.39, 0.29) is 24.9 Å². The topological polar surface area (TPSA) is 90.6 Å². The minimum absolute atomic E-state index is 0.128. The summed E-state index contributed by atoms with van der Waals surface area (Å²) in [4.78, 5) is 25.2. The Balaban J connectivity index is 2.22. The lowest BCUT2D eigenvalue weighted by Crippen LogP contribution is -2.46. The van der Waals surface area contributed by atoms with E-state index < -0.39 is 5.97 Å². The predicted octanol–water partition coefficient (Wildman–Crippen LogP) is 1.46. The summed E-state index contributed by atoms with van der Waals surface area (Å²) in [5.41, 5.74) is 1.16. The molecule has 1 aromatic carbocycles. The standard InChI is InChI=1S/C16H18N2O4/c17-7-4-12-2-1-3-13(10-12)16(21)18(11-15(19)20)14-5-8-22-9-6-14/h1-3,10,14H,4-6,8-9,11H2,(H,19,20). The lowest BCUT2D eigenvalue weighted by Gasteiger charge is -2.33. The van der Waals surface area contributed by atoms with Crippen LogP contribution in [0.5, 0.6) is 0 Å². The summed E-state index contributed by atoms with van der Waals surface area (Å²) in [5.74, 6) is -1.35. The molecular formula is C16H18N2O4. The van der Waals surface area contributed by atoms with Gasteiger partial charge in [0, 0.05) is 24.8 Å². The van der Waals surface area contributed by atoms with Crippen molar-refractivity contribution in [1.29, 1.82) is 5.26 Å². The average Bonchev–Trinajstić information content (AvgIpc) is 2.53. The van der Waals surface area contributed by atoms with Crippen molar-refractivity contribution >= 4 is 11.9 Å². The number of nitriles is 1. The normalized spacial score (nSPS) is 15.0. The molecular weight excluding hydrogens is 284 g/mol. The first-order valence-corrected chi connectivity index (χ1v) is 7.18. The van der Waals surface area contributed by atoms with Crippen molar-refractivity contribution in [1.82, 2.24) is 4.90 Å². The number of hydrogen-bond donors (Lipinski definition) is 1. The highest BCUT2D eigenvalue weighted by Gasteiger charge is 2.28. The average molecular weight is 302 g/mol. The quantitative estimate of drug-likeness (QED) is 0.889. The van der Waals surface area contributed by atoms with Crippen LogP contribution in [0.3, 0.4) is 0 Å². The van der Waals surface area contributed by atoms with E-state index in [1.807, 2.05) is 6.07 Å². The third kappa shape index (κ3) is 4.06. The van der Waals surface area contributed by atoms with E-state index in [0.29, 0.717) is 31.6 Å². The van der Waals surface area contributed by atoms with Crippen molar-refractivity contribution in [2.75, 3.05) is 19.8 Å². The molecule has 1 heterocycles. The number of nitrogens with zero attached hydrogens (tertiary/aromatic N) is 2. The van der Waals surface area contributed by atoms with E-state index in [2.05, 4.69) is 0 Å². The van der Waals surface area contributed by atoms with Gasteiger partial charge in [0.25, 0.3) is 5.91 Å². The zero-order valence-electron chi connectivity index (χ0n) is 12.2. The third-order valence-corrected chi connectivity index (χ3v) is 3.66. The van der Waals surface area contributed by atoms with Gasteiger partial charge in [0.15, 0.2) is 0 Å². The van der Waals surface area contributed by atoms with E-state index in [9.17, 15) is 9.59 Å². The molecule has 6 heteroatoms. The first-order valence-electron chi connectivity index (χ1n) is 7.18. The first-order chi connectivity index (χ1) is 10.6. The van der Waals surface area contributed by atoms with Crippen LogP contribution in [0, 0.1) is 11.3 Å². The number of ether oxygens (including phenoxy) is 1. The maximum absolute atomic E-state index is 12.7. The Morgan fingerprint density at radius 3 is 2.73 bits per heavy atom. The Bertz CT molecular complexity index is 588. The van der Waals surface area contributed by atoms with Gasteiger partial charge in [-0.2, -0.15) is 5.26 Å². The molecule has 0 spiro atoms. The molecule has 0 aromatic heterocycles. The number of rotatable bonds is 5. The largest absolute Gasteiger partial charge is 0.480 e. The molecule has 1 aliphatic rings. The Morgan fingerprint density at radius 1 is 1.36 bits per heavy atom. The van der Waals surface area contributed by atoms with Gasteiger partial charge in [-0.15, -0.1) is 0 Å². The number of benzene rings is 1. The number of carboxylic acid groups (broad SMARTS) is 1. The molecule has 1 N–H and O–H groups in total. The molecule has 2 rings (SSSR count). The summed E-state index contributed by atoms with van der Waals surface area (Å²) < 4.78 is 5.27. The smallest absolute Gasteiger partial charge is 0.323 e. The Hall–Kier alpha value is -2.39. The van der Waals surface area contributed by atoms with Crippen LogP contribution in [-0.4, -0.2) is 47.7 Å². The highest BCUT2D eigenvalue weighted by molar-refractivity contribution is 5.96. The van der Waals surface area contributed by atoms with Crippen molar-refractivity contribution in [2.24, 2.45) is 0 Å². The van der Waals surface area contributed by atoms with Crippen LogP contribution in [0.4, 0.5) is 0 Å². The molecule has 6 nitrogen and oxygen atoms in total. The van der Waals surface area contributed by atoms with Gasteiger partial charge in [-0.05, 0) is 30.5 Å². The monoisotopic (exact) mass is 302 g/mol. The molecule has 1 saturated heterocycles. The van der Waals surface area contributed by atoms with Crippen LogP contribution in [0.1, 0.15) is 28.8 Å². The number of amides is 1. The molecule has 0 aliphatic carbocycles. The molecule has 0 unspecified atom stereocenters. The Labute approximate surface area is 128 Å². The summed E-state index contributed by atoms with van der Waals surface area (Å²) >= 11 is 0. The van der Waals surface area contributed by atoms with E-state index in [1.165, 1.54) is 4.90 Å². The van der Waals surface area contributed by atoms with Crippen LogP contribution >= 0.6 is 0 Å². The van der Waals surface area contributed by atoms with Gasteiger partial charge in [-0.25, -0.2) is 0 Å². The summed E-state index contributed by atoms with van der Waals surface area (Å²) in [6.45, 7) is 0.733. The van der Waals surface area contributed by atoms with Crippen molar-refractivity contribution in [3.05, 3.63) is 35.4 Å². The Morgan fingerprint density at radius 2 is 2.09 bits per heavy atom. The minimum atomic E-state index is -1.03. The van der Waals surface area contributed by atoms with Crippen LogP contribution < -0.4 is 0 Å². The fourth-order valence-electron chi connectivity index (χ4n) is 2.58. The number of carbonyl (C=O) groups is 2. The maximum atomic E-state index is 12.7. The zero-order chi connectivity index (χ0) is 15.9. The van der Waals surface area contributed by atoms with Crippen molar-refractivity contribution in [3.8, 4) is 6.07 Å². The summed E-state index contributed by atoms with van der Waals surface area (Å²) in [6, 6.07) is 8.70. The summed E-state index contributed by atoms with van der Waals surface area (Å²) in [7, 11) is 0. The fraction of sp³-hybridized carbons (Fsp3) is 0.438. The van der Waals surface area contributed by atoms with Crippen LogP contribution in [0.15, 0.2) is 24.3 Å². The number of carbonyl (C=O) groups excluding carboxylic acids is 1. The molecule has 1 aromatic rings. The van der Waals surface area contributed by atoms with E-state index in [1.54, 1.807) is 24.3 Å². The fourth-order valence-corrected chi connectivity index (χ4v) is 2.58. The lowest BCUT2D eigenvalue weighted by atomic mass is 10.0. The zero-order valence-corrected chi connectivity index (χ0v) is 12.2. The number of carboxylic acids is 1. The van der Waals surface area contributed by atoms with Crippen molar-refractivity contribution in [3.63, 3.8) is 0 Å². The maximum Gasteiger partial charge on any atom is 0.323 e. The molecule has 0 radical (unpaired) electrons. The van der Waals surface area contributed by atoms with E-state index >= 15 is 0 Å². The third-order valence-electron chi connectivity index (χ3n) is 3.66. The molecule has 0 saturated carbocycles. The molecule has 0 bridgehead atoms. The van der Waals surface area contributed by atoms with Gasteiger partial charge >= 0.3 is 5.97 Å². The second-order valence-corrected chi connectivity index (χ2v) is 5.21. The second-order valence-electron chi connectivity index (χ2n) is 5.21. The molecule has 116 valence electrons. The minimum Gasteiger partial charge on any atom is -0.480 e. The first kappa shape index (κ1) is 16.0. The van der Waals surface area contributed by atoms with E-state index in [0.717, 1.165) is 5.56 Å². The molecule has 22 heavy (non-hydrogen) atoms. The predicted molar refractivity (Wildman–Crippen MR) is 78.3 cm³/mol. The van der Waals surface area contributed by atoms with Crippen LogP contribution in [0.2, 0.25) is 0 Å². The summed E-state index contributed by atoms with van der Waals surface area (Å²) in [6.07, 6.45) is 1.49. The molecule has 1 aliphatic heterocycles. The molecule has 0 atom stereocenters. The highest BCUT2D eigenvalue weighted by atomic mass is 16.5.